The van der Waals surface area contributed by atoms with Crippen molar-refractivity contribution in [3.63, 3.8) is 0 Å². The average molecular weight is 290 g/mol. The summed E-state index contributed by atoms with van der Waals surface area (Å²) in [5.74, 6) is -0.507. The van der Waals surface area contributed by atoms with E-state index >= 15 is 0 Å². The Morgan fingerprint density at radius 2 is 1.95 bits per heavy atom. The van der Waals surface area contributed by atoms with Gasteiger partial charge in [0.05, 0.1) is 5.69 Å². The van der Waals surface area contributed by atoms with Gasteiger partial charge in [0.1, 0.15) is 0 Å². The van der Waals surface area contributed by atoms with Crippen molar-refractivity contribution in [3.8, 4) is 11.1 Å². The molecule has 0 unspecified atom stereocenters. The second-order valence-electron chi connectivity index (χ2n) is 4.26. The quantitative estimate of drug-likeness (QED) is 0.701. The first-order valence-electron chi connectivity index (χ1n) is 5.81. The summed E-state index contributed by atoms with van der Waals surface area (Å²) in [6.07, 6.45) is 1.47. The van der Waals surface area contributed by atoms with E-state index in [1.807, 2.05) is 0 Å². The molecule has 0 spiro atoms. The van der Waals surface area contributed by atoms with Crippen LogP contribution in [0.3, 0.4) is 0 Å². The largest absolute Gasteiger partial charge is 0.396 e. The maximum Gasteiger partial charge on any atom is 0.266 e. The van der Waals surface area contributed by atoms with Gasteiger partial charge in [0.15, 0.2) is 11.5 Å². The molecule has 0 bridgehead atoms. The van der Waals surface area contributed by atoms with E-state index in [9.17, 15) is 9.18 Å². The Morgan fingerprint density at radius 3 is 2.75 bits per heavy atom. The molecule has 0 fully saturated rings. The first-order valence-corrected chi connectivity index (χ1v) is 6.14. The number of nitrogens with zero attached hydrogens (tertiary/aromatic N) is 2. The predicted octanol–water partition coefficient (Wildman–Crippen LogP) is 2.79. The van der Waals surface area contributed by atoms with Crippen molar-refractivity contribution in [2.75, 3.05) is 5.73 Å². The minimum Gasteiger partial charge on any atom is -0.396 e. The van der Waals surface area contributed by atoms with E-state index in [1.165, 1.54) is 18.3 Å². The van der Waals surface area contributed by atoms with Crippen molar-refractivity contribution >= 4 is 28.5 Å². The fourth-order valence-corrected chi connectivity index (χ4v) is 2.29. The molecule has 0 aliphatic carbocycles. The van der Waals surface area contributed by atoms with Crippen molar-refractivity contribution in [3.05, 3.63) is 58.8 Å². The van der Waals surface area contributed by atoms with Crippen molar-refractivity contribution < 1.29 is 4.39 Å². The van der Waals surface area contributed by atoms with Gasteiger partial charge >= 0.3 is 0 Å². The summed E-state index contributed by atoms with van der Waals surface area (Å²) in [4.78, 5) is 15.6. The normalized spacial score (nSPS) is 10.9. The van der Waals surface area contributed by atoms with Crippen LogP contribution < -0.4 is 11.3 Å². The molecule has 0 radical (unpaired) electrons. The zero-order chi connectivity index (χ0) is 14.3. The van der Waals surface area contributed by atoms with Gasteiger partial charge in [-0.05, 0) is 23.8 Å². The van der Waals surface area contributed by atoms with Crippen LogP contribution in [0, 0.1) is 5.82 Å². The van der Waals surface area contributed by atoms with Crippen LogP contribution in [0.25, 0.3) is 22.2 Å². The molecule has 20 heavy (non-hydrogen) atoms. The molecule has 100 valence electrons. The summed E-state index contributed by atoms with van der Waals surface area (Å²) in [7, 11) is 0. The Kier molecular flexibility index (Phi) is 2.91. The van der Waals surface area contributed by atoms with Crippen molar-refractivity contribution in [2.45, 2.75) is 0 Å². The monoisotopic (exact) mass is 289 g/mol. The fraction of sp³-hybridized carbons (Fsp3) is 0. The number of hydrogen-bond acceptors (Lipinski definition) is 3. The maximum atomic E-state index is 14.1. The van der Waals surface area contributed by atoms with E-state index in [2.05, 4.69) is 4.98 Å². The van der Waals surface area contributed by atoms with Crippen LogP contribution in [-0.4, -0.2) is 9.07 Å². The molecule has 2 heterocycles. The minimum absolute atomic E-state index is 0.0617. The smallest absolute Gasteiger partial charge is 0.266 e. The Hall–Kier alpha value is -2.40. The van der Waals surface area contributed by atoms with Crippen LogP contribution in [0.4, 0.5) is 10.1 Å². The molecule has 0 saturated carbocycles. The van der Waals surface area contributed by atoms with Gasteiger partial charge in [0, 0.05) is 35.0 Å². The molecular weight excluding hydrogens is 281 g/mol. The second-order valence-corrected chi connectivity index (χ2v) is 4.60. The van der Waals surface area contributed by atoms with Gasteiger partial charge in [0.25, 0.3) is 5.56 Å². The molecule has 6 heteroatoms. The number of nitrogen functional groups attached to an aromatic ring is 1. The average Bonchev–Trinajstić information content (AvgIpc) is 2.46. The van der Waals surface area contributed by atoms with Gasteiger partial charge in [-0.1, -0.05) is 12.1 Å². The lowest BCUT2D eigenvalue weighted by Crippen LogP contribution is -2.12. The number of rotatable bonds is 1. The molecule has 0 aliphatic heterocycles. The predicted molar refractivity (Wildman–Crippen MR) is 77.1 cm³/mol. The lowest BCUT2D eigenvalue weighted by Gasteiger charge is -2.09. The van der Waals surface area contributed by atoms with E-state index in [1.54, 1.807) is 24.3 Å². The summed E-state index contributed by atoms with van der Waals surface area (Å²) < 4.78 is 15.1. The summed E-state index contributed by atoms with van der Waals surface area (Å²) >= 11 is 5.88. The number of anilines is 1. The summed E-state index contributed by atoms with van der Waals surface area (Å²) in [5.41, 5.74) is 6.45. The molecule has 0 amide bonds. The summed E-state index contributed by atoms with van der Waals surface area (Å²) in [5, 5.41) is 0.576. The highest BCUT2D eigenvalue weighted by atomic mass is 35.5. The fourth-order valence-electron chi connectivity index (χ4n) is 2.10. The number of fused-ring (bicyclic) bond motifs is 1. The van der Waals surface area contributed by atoms with Gasteiger partial charge in [-0.15, -0.1) is 0 Å². The van der Waals surface area contributed by atoms with Gasteiger partial charge in [-0.3, -0.25) is 4.79 Å². The number of nitrogens with two attached hydrogens (primary N) is 1. The number of pyridine rings is 2. The highest BCUT2D eigenvalue weighted by Gasteiger charge is 2.13. The summed E-state index contributed by atoms with van der Waals surface area (Å²) in [6.45, 7) is 0. The standard InChI is InChI=1S/C14H9ClFN3O/c15-19-12(20)5-4-10-8(6-7-18-14(10)19)9-2-1-3-11(17)13(9)16/h1-7H,17H2. The van der Waals surface area contributed by atoms with Crippen LogP contribution in [0.2, 0.25) is 0 Å². The molecular formula is C14H9ClFN3O. The van der Waals surface area contributed by atoms with Crippen LogP contribution in [0.5, 0.6) is 0 Å². The van der Waals surface area contributed by atoms with Crippen LogP contribution >= 0.6 is 11.8 Å². The molecule has 0 atom stereocenters. The van der Waals surface area contributed by atoms with E-state index in [-0.39, 0.29) is 11.3 Å². The third kappa shape index (κ3) is 1.83. The molecule has 3 aromatic rings. The maximum absolute atomic E-state index is 14.1. The third-order valence-corrected chi connectivity index (χ3v) is 3.39. The van der Waals surface area contributed by atoms with Crippen molar-refractivity contribution in [1.82, 2.24) is 9.07 Å². The lowest BCUT2D eigenvalue weighted by molar-refractivity contribution is 0.636. The zero-order valence-corrected chi connectivity index (χ0v) is 10.9. The van der Waals surface area contributed by atoms with Gasteiger partial charge in [-0.2, -0.15) is 4.09 Å². The first-order chi connectivity index (χ1) is 9.59. The molecule has 1 aromatic carbocycles. The van der Waals surface area contributed by atoms with Crippen LogP contribution in [-0.2, 0) is 0 Å². The minimum atomic E-state index is -0.507. The Morgan fingerprint density at radius 1 is 1.15 bits per heavy atom. The molecule has 2 N–H and O–H groups in total. The van der Waals surface area contributed by atoms with Gasteiger partial charge < -0.3 is 5.73 Å². The number of benzene rings is 1. The molecule has 0 saturated heterocycles. The van der Waals surface area contributed by atoms with Gasteiger partial charge in [-0.25, -0.2) is 9.37 Å². The highest BCUT2D eigenvalue weighted by Crippen LogP contribution is 2.31. The topological polar surface area (TPSA) is 60.9 Å². The SMILES string of the molecule is Nc1cccc(-c2ccnc3c2ccc(=O)n3Cl)c1F. The van der Waals surface area contributed by atoms with Crippen molar-refractivity contribution in [1.29, 1.82) is 0 Å². The van der Waals surface area contributed by atoms with Gasteiger partial charge in [0.2, 0.25) is 0 Å². The third-order valence-electron chi connectivity index (χ3n) is 3.06. The number of halogens is 2. The van der Waals surface area contributed by atoms with E-state index in [0.717, 1.165) is 4.09 Å². The molecule has 0 aliphatic rings. The summed E-state index contributed by atoms with van der Waals surface area (Å²) in [6, 6.07) is 9.30. The van der Waals surface area contributed by atoms with Crippen molar-refractivity contribution in [2.24, 2.45) is 0 Å². The lowest BCUT2D eigenvalue weighted by atomic mass is 10.0. The number of hydrogen-bond donors (Lipinski definition) is 1. The van der Waals surface area contributed by atoms with Crippen LogP contribution in [0.15, 0.2) is 47.4 Å². The molecule has 2 aromatic heterocycles. The first kappa shape index (κ1) is 12.6. The second kappa shape index (κ2) is 4.61. The van der Waals surface area contributed by atoms with E-state index in [4.69, 9.17) is 17.5 Å². The molecule has 3 rings (SSSR count). The van der Waals surface area contributed by atoms with E-state index in [0.29, 0.717) is 16.5 Å². The Balaban J connectivity index is 2.41. The van der Waals surface area contributed by atoms with Crippen LogP contribution in [0.1, 0.15) is 0 Å². The number of aromatic nitrogens is 2. The van der Waals surface area contributed by atoms with E-state index < -0.39 is 11.4 Å². The Bertz CT molecular complexity index is 876. The Labute approximate surface area is 118 Å². The zero-order valence-electron chi connectivity index (χ0n) is 10.2. The molecule has 4 nitrogen and oxygen atoms in total. The highest BCUT2D eigenvalue weighted by molar-refractivity contribution is 6.18.